The third kappa shape index (κ3) is 3.89. The van der Waals surface area contributed by atoms with Gasteiger partial charge >= 0.3 is 0 Å². The number of benzene rings is 1. The zero-order chi connectivity index (χ0) is 28.5. The second-order valence-electron chi connectivity index (χ2n) is 13.2. The van der Waals surface area contributed by atoms with E-state index in [1.54, 1.807) is 6.20 Å². The third-order valence-corrected chi connectivity index (χ3v) is 10.8. The average Bonchev–Trinajstić information content (AvgIpc) is 3.68. The first-order valence-electron chi connectivity index (χ1n) is 15.6. The van der Waals surface area contributed by atoms with E-state index in [1.807, 2.05) is 30.3 Å². The van der Waals surface area contributed by atoms with Crippen LogP contribution in [0.5, 0.6) is 0 Å². The number of anilines is 1. The van der Waals surface area contributed by atoms with Crippen molar-refractivity contribution >= 4 is 17.9 Å². The van der Waals surface area contributed by atoms with E-state index in [0.717, 1.165) is 68.4 Å². The number of aliphatic hydroxyl groups excluding tert-OH is 1. The number of likely N-dealkylation sites (N-methyl/N-ethyl adjacent to an activating group) is 1. The van der Waals surface area contributed by atoms with Crippen LogP contribution in [0.15, 0.2) is 88.6 Å². The van der Waals surface area contributed by atoms with Crippen molar-refractivity contribution < 1.29 is 9.90 Å². The summed E-state index contributed by atoms with van der Waals surface area (Å²) in [5.41, 5.74) is 5.26. The number of amides is 1. The van der Waals surface area contributed by atoms with Crippen LogP contribution >= 0.6 is 0 Å². The van der Waals surface area contributed by atoms with Gasteiger partial charge in [0, 0.05) is 37.5 Å². The van der Waals surface area contributed by atoms with Crippen LogP contribution in [0.25, 0.3) is 0 Å². The number of rotatable bonds is 3. The Bertz CT molecular complexity index is 1540. The number of carbonyl (C=O) groups is 1. The molecular formula is C35H39N5O2. The summed E-state index contributed by atoms with van der Waals surface area (Å²) in [5.74, 6) is 1.28. The van der Waals surface area contributed by atoms with Crippen molar-refractivity contribution in [3.8, 4) is 0 Å². The van der Waals surface area contributed by atoms with E-state index < -0.39 is 11.8 Å². The molecule has 1 aromatic carbocycles. The molecule has 3 aliphatic heterocycles. The molecule has 3 fully saturated rings. The molecule has 0 radical (unpaired) electrons. The van der Waals surface area contributed by atoms with Crippen LogP contribution in [0.4, 0.5) is 5.82 Å². The molecule has 2 spiro atoms. The van der Waals surface area contributed by atoms with Crippen molar-refractivity contribution in [3.63, 3.8) is 0 Å². The summed E-state index contributed by atoms with van der Waals surface area (Å²) in [6, 6.07) is 14.7. The molecule has 7 nitrogen and oxygen atoms in total. The Hall–Kier alpha value is -3.55. The van der Waals surface area contributed by atoms with Gasteiger partial charge < -0.3 is 20.2 Å². The summed E-state index contributed by atoms with van der Waals surface area (Å²) in [4.78, 5) is 28.0. The maximum Gasteiger partial charge on any atom is 0.243 e. The quantitative estimate of drug-likeness (QED) is 0.572. The van der Waals surface area contributed by atoms with Gasteiger partial charge in [0.05, 0.1) is 23.0 Å². The minimum Gasteiger partial charge on any atom is -0.373 e. The lowest BCUT2D eigenvalue weighted by atomic mass is 9.79. The second kappa shape index (κ2) is 9.75. The first-order valence-corrected chi connectivity index (χ1v) is 15.6. The molecule has 2 aromatic rings. The Balaban J connectivity index is 1.09. The van der Waals surface area contributed by atoms with Gasteiger partial charge in [0.25, 0.3) is 0 Å². The van der Waals surface area contributed by atoms with E-state index in [9.17, 15) is 9.90 Å². The number of aliphatic imine (C=N–C) groups is 1. The van der Waals surface area contributed by atoms with Crippen molar-refractivity contribution in [1.29, 1.82) is 0 Å². The highest BCUT2D eigenvalue weighted by Crippen LogP contribution is 2.57. The van der Waals surface area contributed by atoms with Gasteiger partial charge in [-0.25, -0.2) is 4.98 Å². The van der Waals surface area contributed by atoms with Gasteiger partial charge in [-0.2, -0.15) is 0 Å². The summed E-state index contributed by atoms with van der Waals surface area (Å²) in [5, 5.41) is 15.1. The first-order chi connectivity index (χ1) is 20.5. The molecule has 42 heavy (non-hydrogen) atoms. The Kier molecular flexibility index (Phi) is 6.06. The van der Waals surface area contributed by atoms with Crippen molar-refractivity contribution in [2.24, 2.45) is 10.9 Å². The van der Waals surface area contributed by atoms with Crippen LogP contribution in [0.2, 0.25) is 0 Å². The van der Waals surface area contributed by atoms with Crippen LogP contribution < -0.4 is 10.2 Å². The van der Waals surface area contributed by atoms with Crippen molar-refractivity contribution in [3.05, 3.63) is 94.7 Å². The maximum atomic E-state index is 14.3. The van der Waals surface area contributed by atoms with E-state index in [2.05, 4.69) is 63.8 Å². The molecule has 2 saturated carbocycles. The van der Waals surface area contributed by atoms with Crippen LogP contribution in [-0.2, 0) is 10.2 Å². The van der Waals surface area contributed by atoms with E-state index in [4.69, 9.17) is 4.99 Å². The second-order valence-corrected chi connectivity index (χ2v) is 13.2. The molecular weight excluding hydrogens is 522 g/mol. The van der Waals surface area contributed by atoms with Crippen LogP contribution in [0, 0.1) is 5.92 Å². The van der Waals surface area contributed by atoms with E-state index in [0.29, 0.717) is 6.54 Å². The van der Waals surface area contributed by atoms with Crippen molar-refractivity contribution in [2.75, 3.05) is 25.0 Å². The van der Waals surface area contributed by atoms with Gasteiger partial charge in [-0.05, 0) is 67.0 Å². The standard InChI is InChI=1S/C35H39N5O2/c1-39-31-28(10-7-14-36-31)34(32(39)41)19-26-17-25-16-23(21-37-29(25)18-27(26)20-34)22-40-30(24-8-3-2-4-9-24)11-15-38-35(33(40)42)12-5-6-13-35/h2-4,7-10,14,16-18,21,25,29-30,32,38,41H,5-6,11-13,15,19-20,22H2,1H3. The van der Waals surface area contributed by atoms with Gasteiger partial charge in [-0.1, -0.05) is 67.5 Å². The van der Waals surface area contributed by atoms with Crippen molar-refractivity contribution in [1.82, 2.24) is 15.2 Å². The molecule has 0 bridgehead atoms. The number of dihydropyridines is 1. The number of carbonyl (C=O) groups excluding carboxylic acids is 1. The Morgan fingerprint density at radius 2 is 1.81 bits per heavy atom. The maximum absolute atomic E-state index is 14.3. The molecule has 4 heterocycles. The number of pyridine rings is 1. The van der Waals surface area contributed by atoms with E-state index in [1.165, 1.54) is 16.7 Å². The van der Waals surface area contributed by atoms with Gasteiger partial charge in [-0.15, -0.1) is 0 Å². The summed E-state index contributed by atoms with van der Waals surface area (Å²) in [6.45, 7) is 1.42. The highest BCUT2D eigenvalue weighted by molar-refractivity contribution is 5.89. The Morgan fingerprint density at radius 3 is 2.62 bits per heavy atom. The predicted molar refractivity (Wildman–Crippen MR) is 164 cm³/mol. The molecule has 8 rings (SSSR count). The predicted octanol–water partition coefficient (Wildman–Crippen LogP) is 4.62. The fourth-order valence-corrected chi connectivity index (χ4v) is 8.74. The average molecular weight is 562 g/mol. The molecule has 1 amide bonds. The minimum absolute atomic E-state index is 0.0404. The molecule has 1 aromatic heterocycles. The summed E-state index contributed by atoms with van der Waals surface area (Å²) in [7, 11) is 1.94. The Labute approximate surface area is 247 Å². The molecule has 216 valence electrons. The molecule has 6 aliphatic rings. The van der Waals surface area contributed by atoms with E-state index >= 15 is 0 Å². The lowest BCUT2D eigenvalue weighted by Gasteiger charge is -2.37. The molecule has 1 saturated heterocycles. The van der Waals surface area contributed by atoms with Crippen molar-refractivity contribution in [2.45, 2.75) is 74.2 Å². The number of hydrogen-bond acceptors (Lipinski definition) is 6. The Morgan fingerprint density at radius 1 is 1.02 bits per heavy atom. The third-order valence-electron chi connectivity index (χ3n) is 10.8. The largest absolute Gasteiger partial charge is 0.373 e. The lowest BCUT2D eigenvalue weighted by molar-refractivity contribution is -0.139. The van der Waals surface area contributed by atoms with Gasteiger partial charge in [-0.3, -0.25) is 9.79 Å². The zero-order valence-corrected chi connectivity index (χ0v) is 24.2. The number of hydrogen-bond donors (Lipinski definition) is 2. The fourth-order valence-electron chi connectivity index (χ4n) is 8.74. The van der Waals surface area contributed by atoms with Gasteiger partial charge in [0.1, 0.15) is 12.0 Å². The number of aliphatic hydroxyl groups is 1. The smallest absolute Gasteiger partial charge is 0.243 e. The highest BCUT2D eigenvalue weighted by atomic mass is 16.3. The van der Waals surface area contributed by atoms with Gasteiger partial charge in [0.15, 0.2) is 0 Å². The van der Waals surface area contributed by atoms with Gasteiger partial charge in [0.2, 0.25) is 5.91 Å². The molecule has 5 unspecified atom stereocenters. The zero-order valence-electron chi connectivity index (χ0n) is 24.2. The lowest BCUT2D eigenvalue weighted by Crippen LogP contribution is -2.54. The normalized spacial score (nSPS) is 32.8. The molecule has 7 heteroatoms. The summed E-state index contributed by atoms with van der Waals surface area (Å²) in [6.07, 6.45) is 16.8. The van der Waals surface area contributed by atoms with Crippen LogP contribution in [0.3, 0.4) is 0 Å². The number of fused-ring (bicyclic) bond motifs is 4. The topological polar surface area (TPSA) is 81.1 Å². The minimum atomic E-state index is -0.605. The summed E-state index contributed by atoms with van der Waals surface area (Å²) < 4.78 is 0. The number of nitrogens with zero attached hydrogens (tertiary/aromatic N) is 4. The highest BCUT2D eigenvalue weighted by Gasteiger charge is 2.55. The summed E-state index contributed by atoms with van der Waals surface area (Å²) >= 11 is 0. The molecule has 3 aliphatic carbocycles. The fraction of sp³-hybridized carbons (Fsp3) is 0.457. The molecule has 5 atom stereocenters. The first kappa shape index (κ1) is 26.1. The molecule has 2 N–H and O–H groups in total. The number of nitrogens with one attached hydrogen (secondary N) is 1. The monoisotopic (exact) mass is 561 g/mol. The number of allylic oxidation sites excluding steroid dienone is 2. The van der Waals surface area contributed by atoms with Crippen LogP contribution in [-0.4, -0.2) is 65.1 Å². The van der Waals surface area contributed by atoms with Crippen LogP contribution in [0.1, 0.15) is 62.1 Å². The van der Waals surface area contributed by atoms with E-state index in [-0.39, 0.29) is 29.3 Å². The SMILES string of the molecule is CN1c2ncccc2C2(CC3=CC4C=C(CN5C(=O)C6(CCCC6)NCCC5c5ccccc5)C=NC4C=C3C2)C1O. The number of aromatic nitrogens is 1.